The van der Waals surface area contributed by atoms with Crippen LogP contribution in [0, 0.1) is 0 Å². The minimum absolute atomic E-state index is 0.0534. The molecular formula is C31H28O2. The Morgan fingerprint density at radius 2 is 1.18 bits per heavy atom. The van der Waals surface area contributed by atoms with Crippen LogP contribution in [0.1, 0.15) is 46.0 Å². The molecule has 0 amide bonds. The summed E-state index contributed by atoms with van der Waals surface area (Å²) in [6.07, 6.45) is 1.70. The first-order chi connectivity index (χ1) is 16.1. The molecule has 0 unspecified atom stereocenters. The molecule has 0 saturated carbocycles. The molecule has 4 aromatic carbocycles. The first-order valence-electron chi connectivity index (χ1n) is 11.5. The quantitative estimate of drug-likeness (QED) is 0.320. The Morgan fingerprint density at radius 3 is 1.73 bits per heavy atom. The van der Waals surface area contributed by atoms with Crippen molar-refractivity contribution in [3.63, 3.8) is 0 Å². The van der Waals surface area contributed by atoms with E-state index in [1.807, 2.05) is 42.5 Å². The molecule has 4 aromatic rings. The maximum absolute atomic E-state index is 12.7. The Hall–Kier alpha value is -3.49. The van der Waals surface area contributed by atoms with Gasteiger partial charge in [-0.1, -0.05) is 115 Å². The summed E-state index contributed by atoms with van der Waals surface area (Å²) < 4.78 is 6.55. The zero-order valence-corrected chi connectivity index (χ0v) is 18.9. The third-order valence-electron chi connectivity index (χ3n) is 6.83. The van der Waals surface area contributed by atoms with Crippen molar-refractivity contribution in [1.82, 2.24) is 0 Å². The number of rotatable bonds is 6. The van der Waals surface area contributed by atoms with E-state index in [2.05, 4.69) is 79.7 Å². The smallest absolute Gasteiger partial charge is 0.193 e. The van der Waals surface area contributed by atoms with Crippen molar-refractivity contribution < 1.29 is 9.53 Å². The molecule has 164 valence electrons. The lowest BCUT2D eigenvalue weighted by molar-refractivity contribution is 0.0193. The maximum Gasteiger partial charge on any atom is 0.193 e. The molecule has 33 heavy (non-hydrogen) atoms. The number of hydrogen-bond acceptors (Lipinski definition) is 2. The third-order valence-corrected chi connectivity index (χ3v) is 6.83. The zero-order valence-electron chi connectivity index (χ0n) is 18.9. The largest absolute Gasteiger partial charge is 0.374 e. The average molecular weight is 433 g/mol. The summed E-state index contributed by atoms with van der Waals surface area (Å²) in [5.74, 6) is 0.0534. The van der Waals surface area contributed by atoms with Gasteiger partial charge in [-0.25, -0.2) is 0 Å². The summed E-state index contributed by atoms with van der Waals surface area (Å²) in [4.78, 5) is 12.7. The van der Waals surface area contributed by atoms with Gasteiger partial charge >= 0.3 is 0 Å². The van der Waals surface area contributed by atoms with Crippen LogP contribution in [0.3, 0.4) is 0 Å². The maximum atomic E-state index is 12.7. The van der Waals surface area contributed by atoms with E-state index < -0.39 is 0 Å². The van der Waals surface area contributed by atoms with Gasteiger partial charge in [-0.2, -0.15) is 0 Å². The van der Waals surface area contributed by atoms with Gasteiger partial charge < -0.3 is 4.74 Å². The predicted octanol–water partition coefficient (Wildman–Crippen LogP) is 6.63. The summed E-state index contributed by atoms with van der Waals surface area (Å²) >= 11 is 0. The lowest BCUT2D eigenvalue weighted by Crippen LogP contribution is -2.32. The van der Waals surface area contributed by atoms with Crippen molar-refractivity contribution in [3.05, 3.63) is 143 Å². The SMILES string of the molecule is C[C@@]1(Cc2ccc(C(=O)c3ccccc3)cc2)CC(c2ccccc2)(c2ccccc2)CO1. The van der Waals surface area contributed by atoms with E-state index in [-0.39, 0.29) is 16.8 Å². The summed E-state index contributed by atoms with van der Waals surface area (Å²) in [6, 6.07) is 38.9. The summed E-state index contributed by atoms with van der Waals surface area (Å²) in [6.45, 7) is 2.87. The van der Waals surface area contributed by atoms with Crippen LogP contribution in [-0.2, 0) is 16.6 Å². The van der Waals surface area contributed by atoms with Crippen molar-refractivity contribution >= 4 is 5.78 Å². The number of benzene rings is 4. The molecule has 2 heteroatoms. The Kier molecular flexibility index (Phi) is 5.70. The third kappa shape index (κ3) is 4.27. The van der Waals surface area contributed by atoms with Gasteiger partial charge in [0, 0.05) is 23.0 Å². The fourth-order valence-electron chi connectivity index (χ4n) is 5.17. The number of ketones is 1. The number of carbonyl (C=O) groups excluding carboxylic acids is 1. The van der Waals surface area contributed by atoms with Crippen LogP contribution in [0.4, 0.5) is 0 Å². The van der Waals surface area contributed by atoms with Gasteiger partial charge in [-0.3, -0.25) is 4.79 Å². The minimum atomic E-state index is -0.295. The predicted molar refractivity (Wildman–Crippen MR) is 133 cm³/mol. The Bertz CT molecular complexity index is 1170. The highest BCUT2D eigenvalue weighted by molar-refractivity contribution is 6.08. The van der Waals surface area contributed by atoms with Gasteiger partial charge in [0.05, 0.1) is 12.2 Å². The lowest BCUT2D eigenvalue weighted by atomic mass is 9.70. The fraction of sp³-hybridized carbons (Fsp3) is 0.194. The molecule has 1 aliphatic heterocycles. The Labute approximate surface area is 195 Å². The van der Waals surface area contributed by atoms with Crippen LogP contribution in [-0.4, -0.2) is 18.0 Å². The molecule has 0 spiro atoms. The second kappa shape index (κ2) is 8.80. The van der Waals surface area contributed by atoms with E-state index in [1.165, 1.54) is 16.7 Å². The summed E-state index contributed by atoms with van der Waals surface area (Å²) in [7, 11) is 0. The van der Waals surface area contributed by atoms with Gasteiger partial charge in [0.25, 0.3) is 0 Å². The first-order valence-corrected chi connectivity index (χ1v) is 11.5. The molecule has 2 nitrogen and oxygen atoms in total. The zero-order chi connectivity index (χ0) is 22.7. The van der Waals surface area contributed by atoms with Crippen LogP contribution >= 0.6 is 0 Å². The van der Waals surface area contributed by atoms with Gasteiger partial charge in [-0.15, -0.1) is 0 Å². The van der Waals surface area contributed by atoms with E-state index >= 15 is 0 Å². The standard InChI is InChI=1S/C31H28O2/c1-30(21-24-17-19-26(20-18-24)29(32)25-11-5-2-6-12-25)22-31(23-33-30,27-13-7-3-8-14-27)28-15-9-4-10-16-28/h2-20H,21-23H2,1H3/t30-/m1/s1. The molecule has 0 aliphatic carbocycles. The molecule has 0 N–H and O–H groups in total. The van der Waals surface area contributed by atoms with E-state index in [0.29, 0.717) is 17.7 Å². The van der Waals surface area contributed by atoms with Crippen molar-refractivity contribution in [2.24, 2.45) is 0 Å². The topological polar surface area (TPSA) is 26.3 Å². The fourth-order valence-corrected chi connectivity index (χ4v) is 5.17. The number of hydrogen-bond donors (Lipinski definition) is 0. The van der Waals surface area contributed by atoms with E-state index in [4.69, 9.17) is 4.74 Å². The molecule has 1 atom stereocenters. The molecular weight excluding hydrogens is 404 g/mol. The molecule has 1 fully saturated rings. The molecule has 0 bridgehead atoms. The number of carbonyl (C=O) groups is 1. The Balaban J connectivity index is 1.39. The summed E-state index contributed by atoms with van der Waals surface area (Å²) in [5.41, 5.74) is 4.74. The monoisotopic (exact) mass is 432 g/mol. The van der Waals surface area contributed by atoms with Gasteiger partial charge in [0.1, 0.15) is 0 Å². The van der Waals surface area contributed by atoms with E-state index in [0.717, 1.165) is 12.8 Å². The van der Waals surface area contributed by atoms with Crippen LogP contribution in [0.15, 0.2) is 115 Å². The number of ether oxygens (including phenoxy) is 1. The molecule has 1 saturated heterocycles. The minimum Gasteiger partial charge on any atom is -0.374 e. The highest BCUT2D eigenvalue weighted by Gasteiger charge is 2.48. The Morgan fingerprint density at radius 1 is 0.697 bits per heavy atom. The highest BCUT2D eigenvalue weighted by atomic mass is 16.5. The molecule has 0 radical (unpaired) electrons. The highest BCUT2D eigenvalue weighted by Crippen LogP contribution is 2.47. The molecule has 1 aliphatic rings. The van der Waals surface area contributed by atoms with Crippen molar-refractivity contribution in [1.29, 1.82) is 0 Å². The molecule has 5 rings (SSSR count). The van der Waals surface area contributed by atoms with Gasteiger partial charge in [-0.05, 0) is 30.0 Å². The van der Waals surface area contributed by atoms with Crippen LogP contribution in [0.5, 0.6) is 0 Å². The van der Waals surface area contributed by atoms with Crippen molar-refractivity contribution in [2.45, 2.75) is 30.8 Å². The van der Waals surface area contributed by atoms with Gasteiger partial charge in [0.2, 0.25) is 0 Å². The molecule has 1 heterocycles. The van der Waals surface area contributed by atoms with E-state index in [9.17, 15) is 4.79 Å². The summed E-state index contributed by atoms with van der Waals surface area (Å²) in [5, 5.41) is 0. The second-order valence-electron chi connectivity index (χ2n) is 9.30. The first kappa shape index (κ1) is 21.4. The molecule has 0 aromatic heterocycles. The van der Waals surface area contributed by atoms with Gasteiger partial charge in [0.15, 0.2) is 5.78 Å². The van der Waals surface area contributed by atoms with Crippen LogP contribution in [0.2, 0.25) is 0 Å². The van der Waals surface area contributed by atoms with Crippen molar-refractivity contribution in [2.75, 3.05) is 6.61 Å². The van der Waals surface area contributed by atoms with E-state index in [1.54, 1.807) is 0 Å². The average Bonchev–Trinajstić information content (AvgIpc) is 3.24. The lowest BCUT2D eigenvalue weighted by Gasteiger charge is -2.31. The van der Waals surface area contributed by atoms with Crippen molar-refractivity contribution in [3.8, 4) is 0 Å². The van der Waals surface area contributed by atoms with Crippen LogP contribution in [0.25, 0.3) is 0 Å². The second-order valence-corrected chi connectivity index (χ2v) is 9.30. The normalized spacial score (nSPS) is 19.3. The van der Waals surface area contributed by atoms with Crippen LogP contribution < -0.4 is 0 Å².